The van der Waals surface area contributed by atoms with Gasteiger partial charge >= 0.3 is 0 Å². The molecular weight excluding hydrogens is 214 g/mol. The average Bonchev–Trinajstić information content (AvgIpc) is 2.29. The van der Waals surface area contributed by atoms with E-state index < -0.39 is 0 Å². The molecule has 1 nitrogen and oxygen atoms in total. The van der Waals surface area contributed by atoms with Crippen LogP contribution in [0.5, 0.6) is 0 Å². The Hall–Kier alpha value is 0.310. The van der Waals surface area contributed by atoms with E-state index in [4.69, 9.17) is 0 Å². The highest BCUT2D eigenvalue weighted by molar-refractivity contribution is 7.99. The largest absolute Gasteiger partial charge is 0.317 e. The van der Waals surface area contributed by atoms with Crippen molar-refractivity contribution in [1.82, 2.24) is 5.32 Å². The van der Waals surface area contributed by atoms with E-state index in [-0.39, 0.29) is 0 Å². The summed E-state index contributed by atoms with van der Waals surface area (Å²) < 4.78 is 0. The van der Waals surface area contributed by atoms with Crippen LogP contribution in [-0.2, 0) is 0 Å². The summed E-state index contributed by atoms with van der Waals surface area (Å²) in [7, 11) is 2.09. The molecule has 1 saturated carbocycles. The zero-order valence-corrected chi connectivity index (χ0v) is 12.1. The SMILES string of the molecule is CCC(CCCSC1CCCC(C)C1)NC. The molecule has 0 aromatic carbocycles. The zero-order chi connectivity index (χ0) is 11.8. The predicted octanol–water partition coefficient (Wildman–Crippen LogP) is 4.08. The van der Waals surface area contributed by atoms with Crippen molar-refractivity contribution in [1.29, 1.82) is 0 Å². The van der Waals surface area contributed by atoms with Crippen molar-refractivity contribution in [2.24, 2.45) is 5.92 Å². The van der Waals surface area contributed by atoms with Gasteiger partial charge in [0.25, 0.3) is 0 Å². The summed E-state index contributed by atoms with van der Waals surface area (Å²) in [5.41, 5.74) is 0. The Labute approximate surface area is 106 Å². The lowest BCUT2D eigenvalue weighted by Gasteiger charge is -2.26. The fourth-order valence-electron chi connectivity index (χ4n) is 2.66. The number of hydrogen-bond acceptors (Lipinski definition) is 2. The van der Waals surface area contributed by atoms with Gasteiger partial charge in [0.15, 0.2) is 0 Å². The first-order valence-electron chi connectivity index (χ1n) is 7.05. The molecular formula is C14H29NS. The number of hydrogen-bond donors (Lipinski definition) is 1. The van der Waals surface area contributed by atoms with Gasteiger partial charge in [-0.2, -0.15) is 11.8 Å². The standard InChI is InChI=1S/C14H29NS/c1-4-13(15-3)8-6-10-16-14-9-5-7-12(2)11-14/h12-15H,4-11H2,1-3H3. The Morgan fingerprint density at radius 1 is 1.38 bits per heavy atom. The van der Waals surface area contributed by atoms with E-state index in [1.54, 1.807) is 0 Å². The maximum absolute atomic E-state index is 3.39. The Morgan fingerprint density at radius 3 is 2.81 bits per heavy atom. The highest BCUT2D eigenvalue weighted by atomic mass is 32.2. The van der Waals surface area contributed by atoms with E-state index in [0.29, 0.717) is 0 Å². The lowest BCUT2D eigenvalue weighted by Crippen LogP contribution is -2.24. The fraction of sp³-hybridized carbons (Fsp3) is 1.00. The van der Waals surface area contributed by atoms with Gasteiger partial charge < -0.3 is 5.32 Å². The number of thioether (sulfide) groups is 1. The molecule has 96 valence electrons. The summed E-state index contributed by atoms with van der Waals surface area (Å²) in [5.74, 6) is 2.35. The van der Waals surface area contributed by atoms with Crippen molar-refractivity contribution in [3.63, 3.8) is 0 Å². The van der Waals surface area contributed by atoms with Crippen molar-refractivity contribution in [2.75, 3.05) is 12.8 Å². The maximum Gasteiger partial charge on any atom is 0.00617 e. The van der Waals surface area contributed by atoms with E-state index in [1.807, 2.05) is 0 Å². The molecule has 0 aliphatic heterocycles. The summed E-state index contributed by atoms with van der Waals surface area (Å²) in [6.45, 7) is 4.69. The molecule has 1 aliphatic rings. The molecule has 2 heteroatoms. The van der Waals surface area contributed by atoms with Crippen LogP contribution in [0.15, 0.2) is 0 Å². The highest BCUT2D eigenvalue weighted by Crippen LogP contribution is 2.32. The minimum absolute atomic E-state index is 0.742. The van der Waals surface area contributed by atoms with Gasteiger partial charge in [-0.15, -0.1) is 0 Å². The second-order valence-corrected chi connectivity index (χ2v) is 6.71. The molecule has 0 aromatic heterocycles. The summed E-state index contributed by atoms with van der Waals surface area (Å²) in [6.07, 6.45) is 9.87. The Bertz CT molecular complexity index is 168. The molecule has 0 aromatic rings. The van der Waals surface area contributed by atoms with E-state index in [2.05, 4.69) is 38.0 Å². The summed E-state index contributed by atoms with van der Waals surface area (Å²) in [4.78, 5) is 0. The molecule has 3 unspecified atom stereocenters. The third kappa shape index (κ3) is 5.58. The number of nitrogens with one attached hydrogen (secondary N) is 1. The first-order valence-corrected chi connectivity index (χ1v) is 8.10. The van der Waals surface area contributed by atoms with E-state index in [9.17, 15) is 0 Å². The first kappa shape index (κ1) is 14.4. The molecule has 0 bridgehead atoms. The van der Waals surface area contributed by atoms with Crippen molar-refractivity contribution in [2.45, 2.75) is 70.1 Å². The molecule has 1 N–H and O–H groups in total. The van der Waals surface area contributed by atoms with E-state index in [1.165, 1.54) is 50.7 Å². The van der Waals surface area contributed by atoms with E-state index in [0.717, 1.165) is 17.2 Å². The van der Waals surface area contributed by atoms with Crippen LogP contribution in [0.1, 0.15) is 58.8 Å². The quantitative estimate of drug-likeness (QED) is 0.676. The minimum atomic E-state index is 0.742. The Balaban J connectivity index is 2.02. The third-order valence-electron chi connectivity index (χ3n) is 3.84. The molecule has 1 aliphatic carbocycles. The molecule has 16 heavy (non-hydrogen) atoms. The molecule has 0 saturated heterocycles. The lowest BCUT2D eigenvalue weighted by molar-refractivity contribution is 0.394. The normalized spacial score (nSPS) is 27.9. The molecule has 0 amide bonds. The van der Waals surface area contributed by atoms with Crippen LogP contribution in [0.4, 0.5) is 0 Å². The van der Waals surface area contributed by atoms with E-state index >= 15 is 0 Å². The van der Waals surface area contributed by atoms with Gasteiger partial charge in [-0.05, 0) is 50.8 Å². The minimum Gasteiger partial charge on any atom is -0.317 e. The average molecular weight is 243 g/mol. The molecule has 0 heterocycles. The molecule has 1 rings (SSSR count). The van der Waals surface area contributed by atoms with Crippen molar-refractivity contribution in [3.05, 3.63) is 0 Å². The topological polar surface area (TPSA) is 12.0 Å². The zero-order valence-electron chi connectivity index (χ0n) is 11.3. The maximum atomic E-state index is 3.39. The molecule has 3 atom stereocenters. The van der Waals surface area contributed by atoms with Gasteiger partial charge in [-0.25, -0.2) is 0 Å². The fourth-order valence-corrected chi connectivity index (χ4v) is 4.13. The molecule has 1 fully saturated rings. The van der Waals surface area contributed by atoms with Crippen molar-refractivity contribution >= 4 is 11.8 Å². The lowest BCUT2D eigenvalue weighted by atomic mass is 9.91. The van der Waals surface area contributed by atoms with Crippen LogP contribution in [0, 0.1) is 5.92 Å². The summed E-state index contributed by atoms with van der Waals surface area (Å²) >= 11 is 2.24. The van der Waals surface area contributed by atoms with Crippen LogP contribution >= 0.6 is 11.8 Å². The monoisotopic (exact) mass is 243 g/mol. The molecule has 0 radical (unpaired) electrons. The summed E-state index contributed by atoms with van der Waals surface area (Å²) in [5, 5.41) is 4.36. The smallest absolute Gasteiger partial charge is 0.00617 e. The van der Waals surface area contributed by atoms with Gasteiger partial charge in [0.05, 0.1) is 0 Å². The Kier molecular flexibility index (Phi) is 7.55. The van der Waals surface area contributed by atoms with Crippen LogP contribution in [0.2, 0.25) is 0 Å². The van der Waals surface area contributed by atoms with Crippen LogP contribution in [-0.4, -0.2) is 24.1 Å². The van der Waals surface area contributed by atoms with Crippen molar-refractivity contribution in [3.8, 4) is 0 Å². The second kappa shape index (κ2) is 8.41. The van der Waals surface area contributed by atoms with Gasteiger partial charge in [0.2, 0.25) is 0 Å². The van der Waals surface area contributed by atoms with Crippen LogP contribution < -0.4 is 5.32 Å². The second-order valence-electron chi connectivity index (χ2n) is 5.30. The highest BCUT2D eigenvalue weighted by Gasteiger charge is 2.18. The van der Waals surface area contributed by atoms with Crippen LogP contribution in [0.25, 0.3) is 0 Å². The third-order valence-corrected chi connectivity index (χ3v) is 5.26. The van der Waals surface area contributed by atoms with Gasteiger partial charge in [-0.3, -0.25) is 0 Å². The van der Waals surface area contributed by atoms with Gasteiger partial charge in [0, 0.05) is 11.3 Å². The first-order chi connectivity index (χ1) is 7.76. The van der Waals surface area contributed by atoms with Crippen molar-refractivity contribution < 1.29 is 0 Å². The summed E-state index contributed by atoms with van der Waals surface area (Å²) in [6, 6.07) is 0.742. The van der Waals surface area contributed by atoms with Gasteiger partial charge in [0.1, 0.15) is 0 Å². The van der Waals surface area contributed by atoms with Gasteiger partial charge in [-0.1, -0.05) is 26.7 Å². The predicted molar refractivity (Wildman–Crippen MR) is 76.3 cm³/mol. The Morgan fingerprint density at radius 2 is 2.19 bits per heavy atom. The molecule has 0 spiro atoms. The van der Waals surface area contributed by atoms with Crippen LogP contribution in [0.3, 0.4) is 0 Å². The number of rotatable bonds is 7.